The van der Waals surface area contributed by atoms with Crippen LogP contribution in [0.1, 0.15) is 31.4 Å². The second kappa shape index (κ2) is 4.95. The number of hydrogen-bond acceptors (Lipinski definition) is 4. The zero-order valence-corrected chi connectivity index (χ0v) is 9.10. The molecule has 2 N–H and O–H groups in total. The van der Waals surface area contributed by atoms with E-state index in [1.807, 2.05) is 6.07 Å². The van der Waals surface area contributed by atoms with Crippen LogP contribution in [0.3, 0.4) is 0 Å². The maximum Gasteiger partial charge on any atom is 0.182 e. The molecule has 0 bridgehead atoms. The van der Waals surface area contributed by atoms with Crippen LogP contribution in [0.15, 0.2) is 18.3 Å². The smallest absolute Gasteiger partial charge is 0.182 e. The molecule has 1 heterocycles. The van der Waals surface area contributed by atoms with Crippen LogP contribution in [0, 0.1) is 11.3 Å². The number of ether oxygens (including phenoxy) is 1. The summed E-state index contributed by atoms with van der Waals surface area (Å²) in [4.78, 5) is 3.96. The molecule has 4 heteroatoms. The quantitative estimate of drug-likeness (QED) is 0.816. The first kappa shape index (κ1) is 10.9. The predicted octanol–water partition coefficient (Wildman–Crippen LogP) is 1.60. The van der Waals surface area contributed by atoms with Crippen molar-refractivity contribution >= 4 is 0 Å². The van der Waals surface area contributed by atoms with Gasteiger partial charge in [-0.1, -0.05) is 0 Å². The van der Waals surface area contributed by atoms with Gasteiger partial charge in [-0.3, -0.25) is 0 Å². The number of nitriles is 1. The maximum absolute atomic E-state index is 8.88. The van der Waals surface area contributed by atoms with Gasteiger partial charge in [0.05, 0.1) is 0 Å². The highest BCUT2D eigenvalue weighted by atomic mass is 16.5. The van der Waals surface area contributed by atoms with Crippen LogP contribution in [0.5, 0.6) is 5.75 Å². The largest absolute Gasteiger partial charge is 0.487 e. The first-order valence-electron chi connectivity index (χ1n) is 5.57. The van der Waals surface area contributed by atoms with Crippen LogP contribution in [-0.4, -0.2) is 17.1 Å². The summed E-state index contributed by atoms with van der Waals surface area (Å²) in [5.74, 6) is 0.573. The summed E-state index contributed by atoms with van der Waals surface area (Å²) in [5, 5.41) is 8.88. The predicted molar refractivity (Wildman–Crippen MR) is 59.8 cm³/mol. The molecular weight excluding hydrogens is 202 g/mol. The van der Waals surface area contributed by atoms with Crippen molar-refractivity contribution in [1.82, 2.24) is 4.98 Å². The summed E-state index contributed by atoms with van der Waals surface area (Å²) >= 11 is 0. The van der Waals surface area contributed by atoms with E-state index >= 15 is 0 Å². The molecule has 1 aromatic rings. The fourth-order valence-corrected chi connectivity index (χ4v) is 2.04. The second-order valence-electron chi connectivity index (χ2n) is 4.13. The van der Waals surface area contributed by atoms with E-state index in [1.165, 1.54) is 0 Å². The lowest BCUT2D eigenvalue weighted by atomic mass is 9.93. The maximum atomic E-state index is 8.88. The van der Waals surface area contributed by atoms with E-state index in [0.717, 1.165) is 25.7 Å². The van der Waals surface area contributed by atoms with Crippen molar-refractivity contribution in [2.45, 2.75) is 37.8 Å². The van der Waals surface area contributed by atoms with Crippen LogP contribution in [0.2, 0.25) is 0 Å². The van der Waals surface area contributed by atoms with Gasteiger partial charge in [0, 0.05) is 12.2 Å². The normalized spacial score (nSPS) is 24.8. The molecule has 1 aliphatic rings. The van der Waals surface area contributed by atoms with Crippen molar-refractivity contribution in [3.05, 3.63) is 24.0 Å². The highest BCUT2D eigenvalue weighted by Crippen LogP contribution is 2.24. The molecule has 0 aromatic carbocycles. The highest BCUT2D eigenvalue weighted by Gasteiger charge is 2.21. The topological polar surface area (TPSA) is 71.9 Å². The van der Waals surface area contributed by atoms with Gasteiger partial charge in [-0.05, 0) is 37.8 Å². The monoisotopic (exact) mass is 217 g/mol. The van der Waals surface area contributed by atoms with Crippen LogP contribution >= 0.6 is 0 Å². The molecule has 1 aliphatic carbocycles. The van der Waals surface area contributed by atoms with Crippen molar-refractivity contribution in [1.29, 1.82) is 5.26 Å². The van der Waals surface area contributed by atoms with Gasteiger partial charge >= 0.3 is 0 Å². The zero-order valence-electron chi connectivity index (χ0n) is 9.10. The Bertz CT molecular complexity index is 399. The Morgan fingerprint density at radius 2 is 2.38 bits per heavy atom. The highest BCUT2D eigenvalue weighted by molar-refractivity contribution is 5.36. The Morgan fingerprint density at radius 1 is 1.50 bits per heavy atom. The minimum absolute atomic E-state index is 0.125. The van der Waals surface area contributed by atoms with Crippen molar-refractivity contribution < 1.29 is 4.74 Å². The lowest BCUT2D eigenvalue weighted by molar-refractivity contribution is 0.143. The number of aromatic nitrogens is 1. The molecule has 0 amide bonds. The third kappa shape index (κ3) is 2.50. The third-order valence-corrected chi connectivity index (χ3v) is 2.84. The molecule has 84 valence electrons. The molecule has 16 heavy (non-hydrogen) atoms. The molecule has 0 radical (unpaired) electrons. The second-order valence-corrected chi connectivity index (χ2v) is 4.13. The van der Waals surface area contributed by atoms with E-state index in [4.69, 9.17) is 15.7 Å². The van der Waals surface area contributed by atoms with Crippen molar-refractivity contribution in [2.24, 2.45) is 5.73 Å². The average Bonchev–Trinajstić information content (AvgIpc) is 2.30. The first-order valence-corrected chi connectivity index (χ1v) is 5.57. The molecule has 2 unspecified atom stereocenters. The van der Waals surface area contributed by atoms with Gasteiger partial charge < -0.3 is 10.5 Å². The summed E-state index contributed by atoms with van der Waals surface area (Å²) in [5.41, 5.74) is 6.24. The fourth-order valence-electron chi connectivity index (χ4n) is 2.04. The molecule has 1 fully saturated rings. The summed E-state index contributed by atoms with van der Waals surface area (Å²) < 4.78 is 5.78. The summed E-state index contributed by atoms with van der Waals surface area (Å²) in [6.07, 6.45) is 5.75. The molecule has 4 nitrogen and oxygen atoms in total. The molecule has 1 saturated carbocycles. The average molecular weight is 217 g/mol. The van der Waals surface area contributed by atoms with Crippen LogP contribution in [0.25, 0.3) is 0 Å². The van der Waals surface area contributed by atoms with E-state index in [9.17, 15) is 0 Å². The molecule has 1 aromatic heterocycles. The lowest BCUT2D eigenvalue weighted by Gasteiger charge is -2.27. The summed E-state index contributed by atoms with van der Waals surface area (Å²) in [7, 11) is 0. The van der Waals surface area contributed by atoms with Gasteiger partial charge in [0.15, 0.2) is 11.4 Å². The van der Waals surface area contributed by atoms with Crippen molar-refractivity contribution in [3.63, 3.8) is 0 Å². The summed E-state index contributed by atoms with van der Waals surface area (Å²) in [6, 6.07) is 5.81. The Labute approximate surface area is 95.0 Å². The van der Waals surface area contributed by atoms with Crippen LogP contribution < -0.4 is 10.5 Å². The minimum atomic E-state index is 0.125. The van der Waals surface area contributed by atoms with Gasteiger partial charge in [-0.15, -0.1) is 0 Å². The lowest BCUT2D eigenvalue weighted by Crippen LogP contribution is -2.33. The van der Waals surface area contributed by atoms with Crippen molar-refractivity contribution in [3.8, 4) is 11.8 Å². The van der Waals surface area contributed by atoms with Crippen LogP contribution in [-0.2, 0) is 0 Å². The number of hydrogen-bond donors (Lipinski definition) is 1. The molecular formula is C12H15N3O. The summed E-state index contributed by atoms with van der Waals surface area (Å²) in [6.45, 7) is 0. The van der Waals surface area contributed by atoms with Gasteiger partial charge in [-0.2, -0.15) is 5.26 Å². The molecule has 0 saturated heterocycles. The Morgan fingerprint density at radius 3 is 3.12 bits per heavy atom. The SMILES string of the molecule is N#Cc1ncccc1OC1CCCC(N)C1. The van der Waals surface area contributed by atoms with E-state index in [0.29, 0.717) is 11.4 Å². The number of nitrogens with zero attached hydrogens (tertiary/aromatic N) is 2. The number of pyridine rings is 1. The number of nitrogens with two attached hydrogens (primary N) is 1. The molecule has 2 rings (SSSR count). The Balaban J connectivity index is 2.06. The van der Waals surface area contributed by atoms with E-state index in [-0.39, 0.29) is 12.1 Å². The van der Waals surface area contributed by atoms with E-state index < -0.39 is 0 Å². The Kier molecular flexibility index (Phi) is 3.37. The molecule has 0 aliphatic heterocycles. The fraction of sp³-hybridized carbons (Fsp3) is 0.500. The molecule has 0 spiro atoms. The molecule has 2 atom stereocenters. The van der Waals surface area contributed by atoms with Crippen molar-refractivity contribution in [2.75, 3.05) is 0 Å². The first-order chi connectivity index (χ1) is 7.79. The zero-order chi connectivity index (χ0) is 11.4. The third-order valence-electron chi connectivity index (χ3n) is 2.84. The van der Waals surface area contributed by atoms with Gasteiger partial charge in [-0.25, -0.2) is 4.98 Å². The standard InChI is InChI=1S/C12H15N3O/c13-8-11-12(5-2-6-15-11)16-10-4-1-3-9(14)7-10/h2,5-6,9-10H,1,3-4,7,14H2. The van der Waals surface area contributed by atoms with Crippen LogP contribution in [0.4, 0.5) is 0 Å². The van der Waals surface area contributed by atoms with Gasteiger partial charge in [0.1, 0.15) is 12.2 Å². The van der Waals surface area contributed by atoms with Gasteiger partial charge in [0.25, 0.3) is 0 Å². The van der Waals surface area contributed by atoms with E-state index in [2.05, 4.69) is 4.98 Å². The van der Waals surface area contributed by atoms with Gasteiger partial charge in [0.2, 0.25) is 0 Å². The number of rotatable bonds is 2. The Hall–Kier alpha value is -1.60. The minimum Gasteiger partial charge on any atom is -0.487 e. The van der Waals surface area contributed by atoms with E-state index in [1.54, 1.807) is 18.3 Å².